The Labute approximate surface area is 145 Å². The monoisotopic (exact) mass is 339 g/mol. The number of benzene rings is 1. The summed E-state index contributed by atoms with van der Waals surface area (Å²) in [6.45, 7) is 4.35. The van der Waals surface area contributed by atoms with Gasteiger partial charge < -0.3 is 4.52 Å². The van der Waals surface area contributed by atoms with Crippen LogP contribution in [0.4, 0.5) is 0 Å². The van der Waals surface area contributed by atoms with Crippen molar-refractivity contribution in [1.82, 2.24) is 24.6 Å². The highest BCUT2D eigenvalue weighted by molar-refractivity contribution is 5.76. The van der Waals surface area contributed by atoms with Gasteiger partial charge >= 0.3 is 0 Å². The van der Waals surface area contributed by atoms with Gasteiger partial charge in [0.25, 0.3) is 5.56 Å². The summed E-state index contributed by atoms with van der Waals surface area (Å²) in [5, 5.41) is 4.78. The van der Waals surface area contributed by atoms with Crippen LogP contribution in [0.5, 0.6) is 0 Å². The molecule has 25 heavy (non-hydrogen) atoms. The first kappa shape index (κ1) is 16.0. The summed E-state index contributed by atoms with van der Waals surface area (Å²) in [6, 6.07) is 7.62. The SMILES string of the molecule is CCc1nc(C2CCCN2CCn2cnc3ccccc3c2=O)no1. The van der Waals surface area contributed by atoms with E-state index in [1.165, 1.54) is 0 Å². The van der Waals surface area contributed by atoms with Crippen molar-refractivity contribution < 1.29 is 4.52 Å². The summed E-state index contributed by atoms with van der Waals surface area (Å²) in [5.74, 6) is 1.44. The molecule has 1 aromatic carbocycles. The van der Waals surface area contributed by atoms with Gasteiger partial charge in [-0.1, -0.05) is 24.2 Å². The fourth-order valence-electron chi connectivity index (χ4n) is 3.43. The quantitative estimate of drug-likeness (QED) is 0.709. The molecule has 1 saturated heterocycles. The summed E-state index contributed by atoms with van der Waals surface area (Å²) >= 11 is 0. The Morgan fingerprint density at radius 2 is 2.16 bits per heavy atom. The molecule has 1 aliphatic heterocycles. The van der Waals surface area contributed by atoms with E-state index in [-0.39, 0.29) is 11.6 Å². The smallest absolute Gasteiger partial charge is 0.261 e. The van der Waals surface area contributed by atoms with E-state index in [2.05, 4.69) is 20.0 Å². The van der Waals surface area contributed by atoms with Gasteiger partial charge in [0, 0.05) is 19.5 Å². The summed E-state index contributed by atoms with van der Waals surface area (Å²) in [7, 11) is 0. The van der Waals surface area contributed by atoms with Gasteiger partial charge in [-0.25, -0.2) is 4.98 Å². The molecule has 0 radical (unpaired) electrons. The van der Waals surface area contributed by atoms with E-state index >= 15 is 0 Å². The maximum Gasteiger partial charge on any atom is 0.261 e. The van der Waals surface area contributed by atoms with E-state index in [0.29, 0.717) is 17.8 Å². The van der Waals surface area contributed by atoms with Crippen LogP contribution < -0.4 is 5.56 Å². The van der Waals surface area contributed by atoms with E-state index in [0.717, 1.165) is 43.7 Å². The van der Waals surface area contributed by atoms with E-state index in [9.17, 15) is 4.79 Å². The van der Waals surface area contributed by atoms with Gasteiger partial charge in [-0.05, 0) is 31.5 Å². The standard InChI is InChI=1S/C18H21N5O2/c1-2-16-20-17(21-25-16)15-8-5-9-22(15)10-11-23-12-19-14-7-4-3-6-13(14)18(23)24/h3-4,6-7,12,15H,2,5,8-11H2,1H3. The van der Waals surface area contributed by atoms with Crippen molar-refractivity contribution in [2.75, 3.05) is 13.1 Å². The zero-order chi connectivity index (χ0) is 17.2. The highest BCUT2D eigenvalue weighted by Gasteiger charge is 2.29. The van der Waals surface area contributed by atoms with Crippen LogP contribution >= 0.6 is 0 Å². The Kier molecular flexibility index (Phi) is 4.31. The minimum Gasteiger partial charge on any atom is -0.339 e. The Morgan fingerprint density at radius 3 is 3.00 bits per heavy atom. The van der Waals surface area contributed by atoms with Gasteiger partial charge in [-0.3, -0.25) is 14.3 Å². The normalized spacial score (nSPS) is 18.2. The number of aryl methyl sites for hydroxylation is 1. The molecular formula is C18H21N5O2. The third-order valence-corrected chi connectivity index (χ3v) is 4.81. The molecule has 0 bridgehead atoms. The first-order chi connectivity index (χ1) is 12.3. The van der Waals surface area contributed by atoms with Crippen LogP contribution in [0.1, 0.15) is 37.5 Å². The van der Waals surface area contributed by atoms with Crippen molar-refractivity contribution in [1.29, 1.82) is 0 Å². The molecule has 130 valence electrons. The number of rotatable bonds is 5. The summed E-state index contributed by atoms with van der Waals surface area (Å²) in [6.07, 6.45) is 4.51. The molecule has 7 nitrogen and oxygen atoms in total. The lowest BCUT2D eigenvalue weighted by molar-refractivity contribution is 0.232. The number of hydrogen-bond acceptors (Lipinski definition) is 6. The second-order valence-electron chi connectivity index (χ2n) is 6.35. The van der Waals surface area contributed by atoms with Gasteiger partial charge in [-0.15, -0.1) is 0 Å². The molecule has 1 aliphatic rings. The maximum atomic E-state index is 12.6. The number of likely N-dealkylation sites (tertiary alicyclic amines) is 1. The molecule has 0 spiro atoms. The average Bonchev–Trinajstić information content (AvgIpc) is 3.30. The molecule has 0 N–H and O–H groups in total. The second kappa shape index (κ2) is 6.76. The molecule has 3 heterocycles. The highest BCUT2D eigenvalue weighted by Crippen LogP contribution is 2.29. The number of nitrogens with zero attached hydrogens (tertiary/aromatic N) is 5. The summed E-state index contributed by atoms with van der Waals surface area (Å²) in [5.41, 5.74) is 0.746. The number of hydrogen-bond donors (Lipinski definition) is 0. The third-order valence-electron chi connectivity index (χ3n) is 4.81. The molecule has 0 saturated carbocycles. The Morgan fingerprint density at radius 1 is 1.28 bits per heavy atom. The van der Waals surface area contributed by atoms with Crippen LogP contribution in [-0.4, -0.2) is 37.7 Å². The van der Waals surface area contributed by atoms with Crippen molar-refractivity contribution in [3.63, 3.8) is 0 Å². The number of para-hydroxylation sites is 1. The van der Waals surface area contributed by atoms with Crippen LogP contribution in [-0.2, 0) is 13.0 Å². The lowest BCUT2D eigenvalue weighted by atomic mass is 10.2. The summed E-state index contributed by atoms with van der Waals surface area (Å²) < 4.78 is 6.94. The Balaban J connectivity index is 1.50. The first-order valence-corrected chi connectivity index (χ1v) is 8.77. The van der Waals surface area contributed by atoms with Crippen LogP contribution in [0.15, 0.2) is 39.9 Å². The lowest BCUT2D eigenvalue weighted by Gasteiger charge is -2.22. The van der Waals surface area contributed by atoms with Crippen molar-refractivity contribution in [3.05, 3.63) is 52.7 Å². The maximum absolute atomic E-state index is 12.6. The van der Waals surface area contributed by atoms with E-state index in [1.807, 2.05) is 31.2 Å². The largest absolute Gasteiger partial charge is 0.339 e. The molecule has 0 aliphatic carbocycles. The zero-order valence-electron chi connectivity index (χ0n) is 14.3. The second-order valence-corrected chi connectivity index (χ2v) is 6.35. The molecule has 0 amide bonds. The molecule has 4 rings (SSSR count). The fraction of sp³-hybridized carbons (Fsp3) is 0.444. The third kappa shape index (κ3) is 3.07. The van der Waals surface area contributed by atoms with Crippen LogP contribution in [0.2, 0.25) is 0 Å². The van der Waals surface area contributed by atoms with Crippen molar-refractivity contribution in [2.45, 2.75) is 38.8 Å². The van der Waals surface area contributed by atoms with Crippen LogP contribution in [0, 0.1) is 0 Å². The molecule has 1 unspecified atom stereocenters. The van der Waals surface area contributed by atoms with Gasteiger partial charge in [0.05, 0.1) is 23.3 Å². The lowest BCUT2D eigenvalue weighted by Crippen LogP contribution is -2.31. The minimum atomic E-state index is 0.00850. The molecule has 1 atom stereocenters. The molecule has 1 fully saturated rings. The molecule has 7 heteroatoms. The van der Waals surface area contributed by atoms with Gasteiger partial charge in [0.1, 0.15) is 0 Å². The molecule has 2 aromatic heterocycles. The van der Waals surface area contributed by atoms with Gasteiger partial charge in [0.2, 0.25) is 5.89 Å². The predicted molar refractivity (Wildman–Crippen MR) is 93.2 cm³/mol. The van der Waals surface area contributed by atoms with Crippen LogP contribution in [0.3, 0.4) is 0 Å². The Hall–Kier alpha value is -2.54. The van der Waals surface area contributed by atoms with E-state index in [4.69, 9.17) is 4.52 Å². The molecule has 3 aromatic rings. The Bertz CT molecular complexity index is 932. The van der Waals surface area contributed by atoms with E-state index < -0.39 is 0 Å². The summed E-state index contributed by atoms with van der Waals surface area (Å²) in [4.78, 5) is 23.8. The first-order valence-electron chi connectivity index (χ1n) is 8.77. The highest BCUT2D eigenvalue weighted by atomic mass is 16.5. The zero-order valence-corrected chi connectivity index (χ0v) is 14.3. The number of aromatic nitrogens is 4. The van der Waals surface area contributed by atoms with Crippen molar-refractivity contribution in [2.24, 2.45) is 0 Å². The average molecular weight is 339 g/mol. The van der Waals surface area contributed by atoms with Gasteiger partial charge in [-0.2, -0.15) is 4.98 Å². The van der Waals surface area contributed by atoms with Gasteiger partial charge in [0.15, 0.2) is 5.82 Å². The fourth-order valence-corrected chi connectivity index (χ4v) is 3.43. The van der Waals surface area contributed by atoms with Crippen LogP contribution in [0.25, 0.3) is 10.9 Å². The topological polar surface area (TPSA) is 77.1 Å². The van der Waals surface area contributed by atoms with Crippen molar-refractivity contribution >= 4 is 10.9 Å². The van der Waals surface area contributed by atoms with E-state index in [1.54, 1.807) is 10.9 Å². The minimum absolute atomic E-state index is 0.00850. The predicted octanol–water partition coefficient (Wildman–Crippen LogP) is 2.18. The van der Waals surface area contributed by atoms with Crippen molar-refractivity contribution in [3.8, 4) is 0 Å². The number of fused-ring (bicyclic) bond motifs is 1. The molecular weight excluding hydrogens is 318 g/mol.